The Labute approximate surface area is 96.8 Å². The van der Waals surface area contributed by atoms with Crippen LogP contribution in [0.3, 0.4) is 0 Å². The molecule has 1 N–H and O–H groups in total. The molecule has 1 saturated heterocycles. The fourth-order valence-corrected chi connectivity index (χ4v) is 4.44. The fourth-order valence-electron chi connectivity index (χ4n) is 1.55. The second-order valence-corrected chi connectivity index (χ2v) is 7.18. The summed E-state index contributed by atoms with van der Waals surface area (Å²) >= 11 is 1.89. The van der Waals surface area contributed by atoms with Crippen molar-refractivity contribution in [2.45, 2.75) is 18.6 Å². The van der Waals surface area contributed by atoms with Gasteiger partial charge in [0.05, 0.1) is 5.75 Å². The minimum absolute atomic E-state index is 0.213. The van der Waals surface area contributed by atoms with Gasteiger partial charge in [-0.25, -0.2) is 8.42 Å². The van der Waals surface area contributed by atoms with E-state index < -0.39 is 10.0 Å². The molecule has 0 aromatic heterocycles. The van der Waals surface area contributed by atoms with E-state index in [4.69, 9.17) is 0 Å². The molecule has 0 spiro atoms. The lowest BCUT2D eigenvalue weighted by atomic mass is 10.3. The quantitative estimate of drug-likeness (QED) is 0.768. The van der Waals surface area contributed by atoms with Gasteiger partial charge in [0.15, 0.2) is 0 Å². The second-order valence-electron chi connectivity index (χ2n) is 3.68. The Bertz CT molecular complexity index is 280. The Kier molecular flexibility index (Phi) is 5.38. The summed E-state index contributed by atoms with van der Waals surface area (Å²) < 4.78 is 25.4. The zero-order valence-electron chi connectivity index (χ0n) is 9.40. The first-order valence-corrected chi connectivity index (χ1v) is 8.00. The predicted octanol–water partition coefficient (Wildman–Crippen LogP) is 0.363. The van der Waals surface area contributed by atoms with E-state index in [9.17, 15) is 8.42 Å². The van der Waals surface area contributed by atoms with E-state index in [-0.39, 0.29) is 5.75 Å². The third kappa shape index (κ3) is 3.94. The van der Waals surface area contributed by atoms with Crippen molar-refractivity contribution in [2.75, 3.05) is 38.2 Å². The molecule has 15 heavy (non-hydrogen) atoms. The van der Waals surface area contributed by atoms with E-state index in [0.717, 1.165) is 12.2 Å². The van der Waals surface area contributed by atoms with Crippen LogP contribution >= 0.6 is 11.8 Å². The molecule has 1 fully saturated rings. The van der Waals surface area contributed by atoms with Crippen LogP contribution in [0.25, 0.3) is 0 Å². The van der Waals surface area contributed by atoms with Crippen LogP contribution in [0.15, 0.2) is 0 Å². The van der Waals surface area contributed by atoms with Crippen molar-refractivity contribution in [3.05, 3.63) is 0 Å². The van der Waals surface area contributed by atoms with Crippen molar-refractivity contribution >= 4 is 21.8 Å². The van der Waals surface area contributed by atoms with Crippen molar-refractivity contribution in [1.82, 2.24) is 9.62 Å². The number of thioether (sulfide) groups is 1. The molecule has 1 aliphatic rings. The van der Waals surface area contributed by atoms with Gasteiger partial charge in [0.25, 0.3) is 0 Å². The Morgan fingerprint density at radius 3 is 2.87 bits per heavy atom. The van der Waals surface area contributed by atoms with Gasteiger partial charge in [-0.05, 0) is 13.5 Å². The molecule has 0 aromatic carbocycles. The molecule has 0 amide bonds. The van der Waals surface area contributed by atoms with Crippen molar-refractivity contribution in [1.29, 1.82) is 0 Å². The summed E-state index contributed by atoms with van der Waals surface area (Å²) in [5.41, 5.74) is 0. The Balaban J connectivity index is 2.54. The third-order valence-corrected chi connectivity index (χ3v) is 5.77. The summed E-state index contributed by atoms with van der Waals surface area (Å²) in [7, 11) is -1.26. The van der Waals surface area contributed by atoms with Crippen LogP contribution in [0.1, 0.15) is 13.3 Å². The summed E-state index contributed by atoms with van der Waals surface area (Å²) in [5, 5.41) is 3.35. The van der Waals surface area contributed by atoms with Gasteiger partial charge in [-0.1, -0.05) is 6.92 Å². The lowest BCUT2D eigenvalue weighted by Crippen LogP contribution is -2.44. The SMILES string of the molecule is CCC1CN(S(=O)(=O)CCNC)CCS1. The molecular weight excluding hydrogens is 232 g/mol. The number of nitrogens with one attached hydrogen (secondary N) is 1. The average molecular weight is 252 g/mol. The Morgan fingerprint density at radius 2 is 2.27 bits per heavy atom. The normalized spacial score (nSPS) is 24.3. The summed E-state index contributed by atoms with van der Waals surface area (Å²) in [4.78, 5) is 0. The molecule has 1 aliphatic heterocycles. The number of sulfonamides is 1. The van der Waals surface area contributed by atoms with Gasteiger partial charge in [-0.2, -0.15) is 16.1 Å². The van der Waals surface area contributed by atoms with Gasteiger partial charge in [-0.15, -0.1) is 0 Å². The zero-order valence-corrected chi connectivity index (χ0v) is 11.0. The minimum atomic E-state index is -3.03. The molecule has 0 saturated carbocycles. The Hall–Kier alpha value is 0.220. The van der Waals surface area contributed by atoms with Gasteiger partial charge in [0.1, 0.15) is 0 Å². The van der Waals surface area contributed by atoms with Crippen LogP contribution in [0.2, 0.25) is 0 Å². The number of hydrogen-bond donors (Lipinski definition) is 1. The third-order valence-electron chi connectivity index (χ3n) is 2.56. The molecule has 0 aliphatic carbocycles. The molecule has 90 valence electrons. The summed E-state index contributed by atoms with van der Waals surface area (Å²) in [6.45, 7) is 4.00. The first-order chi connectivity index (χ1) is 7.10. The average Bonchev–Trinajstić information content (AvgIpc) is 2.26. The molecule has 0 aromatic rings. The highest BCUT2D eigenvalue weighted by molar-refractivity contribution is 8.00. The molecule has 4 nitrogen and oxygen atoms in total. The number of hydrogen-bond acceptors (Lipinski definition) is 4. The van der Waals surface area contributed by atoms with Gasteiger partial charge < -0.3 is 5.32 Å². The van der Waals surface area contributed by atoms with Crippen LogP contribution in [-0.4, -0.2) is 56.2 Å². The van der Waals surface area contributed by atoms with Crippen molar-refractivity contribution in [2.24, 2.45) is 0 Å². The smallest absolute Gasteiger partial charge is 0.215 e. The van der Waals surface area contributed by atoms with Gasteiger partial charge >= 0.3 is 0 Å². The van der Waals surface area contributed by atoms with Crippen molar-refractivity contribution in [3.8, 4) is 0 Å². The number of rotatable bonds is 5. The van der Waals surface area contributed by atoms with E-state index in [1.54, 1.807) is 11.4 Å². The molecule has 1 heterocycles. The highest BCUT2D eigenvalue weighted by Gasteiger charge is 2.27. The first kappa shape index (κ1) is 13.3. The molecule has 1 atom stereocenters. The first-order valence-electron chi connectivity index (χ1n) is 5.34. The lowest BCUT2D eigenvalue weighted by molar-refractivity contribution is 0.415. The fraction of sp³-hybridized carbons (Fsp3) is 1.00. The summed E-state index contributed by atoms with van der Waals surface area (Å²) in [6, 6.07) is 0. The maximum atomic E-state index is 11.9. The van der Waals surface area contributed by atoms with E-state index >= 15 is 0 Å². The lowest BCUT2D eigenvalue weighted by Gasteiger charge is -2.31. The van der Waals surface area contributed by atoms with Crippen molar-refractivity contribution in [3.63, 3.8) is 0 Å². The summed E-state index contributed by atoms with van der Waals surface area (Å²) in [5.74, 6) is 1.14. The molecule has 1 rings (SSSR count). The predicted molar refractivity (Wildman–Crippen MR) is 65.8 cm³/mol. The van der Waals surface area contributed by atoms with Crippen LogP contribution in [-0.2, 0) is 10.0 Å². The molecule has 1 unspecified atom stereocenters. The van der Waals surface area contributed by atoms with E-state index in [0.29, 0.717) is 24.9 Å². The maximum absolute atomic E-state index is 11.9. The molecule has 6 heteroatoms. The van der Waals surface area contributed by atoms with Crippen molar-refractivity contribution < 1.29 is 8.42 Å². The summed E-state index contributed by atoms with van der Waals surface area (Å²) in [6.07, 6.45) is 1.04. The van der Waals surface area contributed by atoms with Crippen LogP contribution in [0.4, 0.5) is 0 Å². The van der Waals surface area contributed by atoms with E-state index in [2.05, 4.69) is 12.2 Å². The topological polar surface area (TPSA) is 49.4 Å². The molecule has 0 radical (unpaired) electrons. The zero-order chi connectivity index (χ0) is 11.3. The Morgan fingerprint density at radius 1 is 1.53 bits per heavy atom. The highest BCUT2D eigenvalue weighted by Crippen LogP contribution is 2.22. The van der Waals surface area contributed by atoms with Crippen LogP contribution in [0, 0.1) is 0 Å². The monoisotopic (exact) mass is 252 g/mol. The van der Waals surface area contributed by atoms with Gasteiger partial charge in [-0.3, -0.25) is 0 Å². The van der Waals surface area contributed by atoms with Gasteiger partial charge in [0.2, 0.25) is 10.0 Å². The number of nitrogens with zero attached hydrogens (tertiary/aromatic N) is 1. The van der Waals surface area contributed by atoms with Crippen LogP contribution in [0.5, 0.6) is 0 Å². The highest BCUT2D eigenvalue weighted by atomic mass is 32.2. The van der Waals surface area contributed by atoms with Crippen LogP contribution < -0.4 is 5.32 Å². The van der Waals surface area contributed by atoms with E-state index in [1.165, 1.54) is 0 Å². The van der Waals surface area contributed by atoms with Gasteiger partial charge in [0, 0.05) is 30.6 Å². The second kappa shape index (κ2) is 6.08. The maximum Gasteiger partial charge on any atom is 0.215 e. The minimum Gasteiger partial charge on any atom is -0.319 e. The molecular formula is C9H20N2O2S2. The van der Waals surface area contributed by atoms with E-state index in [1.807, 2.05) is 11.8 Å². The standard InChI is InChI=1S/C9H20N2O2S2/c1-3-9-8-11(5-6-14-9)15(12,13)7-4-10-2/h9-10H,3-8H2,1-2H3. The largest absolute Gasteiger partial charge is 0.319 e. The molecule has 0 bridgehead atoms.